The van der Waals surface area contributed by atoms with Crippen LogP contribution in [0, 0.1) is 5.92 Å². The van der Waals surface area contributed by atoms with Gasteiger partial charge in [-0.25, -0.2) is 0 Å². The molecule has 0 aliphatic heterocycles. The number of carbonyl (C=O) groups is 1. The number of nitrogens with one attached hydrogen (secondary N) is 1. The molecule has 0 fully saturated rings. The number of rotatable bonds is 5. The maximum Gasteiger partial charge on any atom is 0.264 e. The molecule has 1 amide bonds. The molecule has 0 saturated carbocycles. The Balaban J connectivity index is 2.55. The first-order valence-electron chi connectivity index (χ1n) is 4.79. The van der Waals surface area contributed by atoms with Gasteiger partial charge in [-0.3, -0.25) is 4.79 Å². The molecule has 1 atom stereocenters. The number of halogens is 1. The Morgan fingerprint density at radius 1 is 1.67 bits per heavy atom. The van der Waals surface area contributed by atoms with Gasteiger partial charge in [0.05, 0.1) is 6.20 Å². The highest BCUT2D eigenvalue weighted by Gasteiger charge is 2.17. The molecule has 84 valence electrons. The Labute approximate surface area is 98.2 Å². The van der Waals surface area contributed by atoms with E-state index in [1.165, 1.54) is 6.20 Å². The molecule has 1 aromatic rings. The standard InChI is InChI=1S/C9H14ClN3OS/c1-6(2)7(3-4-10)12-9(14)8-5-11-13-15-8/h5-7H,3-4H2,1-2H3,(H,12,14). The van der Waals surface area contributed by atoms with Crippen LogP contribution >= 0.6 is 23.1 Å². The van der Waals surface area contributed by atoms with Crippen LogP contribution in [0.3, 0.4) is 0 Å². The first-order valence-corrected chi connectivity index (χ1v) is 6.10. The van der Waals surface area contributed by atoms with Gasteiger partial charge in [-0.05, 0) is 23.9 Å². The molecular formula is C9H14ClN3OS. The lowest BCUT2D eigenvalue weighted by molar-refractivity contribution is 0.0929. The van der Waals surface area contributed by atoms with E-state index in [0.29, 0.717) is 16.7 Å². The number of hydrogen-bond donors (Lipinski definition) is 1. The van der Waals surface area contributed by atoms with E-state index in [9.17, 15) is 4.79 Å². The minimum atomic E-state index is -0.117. The summed E-state index contributed by atoms with van der Waals surface area (Å²) < 4.78 is 3.65. The summed E-state index contributed by atoms with van der Waals surface area (Å²) in [6, 6.07) is 0.108. The monoisotopic (exact) mass is 247 g/mol. The van der Waals surface area contributed by atoms with Gasteiger partial charge >= 0.3 is 0 Å². The second-order valence-electron chi connectivity index (χ2n) is 3.58. The van der Waals surface area contributed by atoms with Crippen molar-refractivity contribution in [2.75, 3.05) is 5.88 Å². The van der Waals surface area contributed by atoms with Crippen molar-refractivity contribution in [3.8, 4) is 0 Å². The van der Waals surface area contributed by atoms with Crippen LogP contribution in [-0.4, -0.2) is 27.4 Å². The van der Waals surface area contributed by atoms with E-state index in [-0.39, 0.29) is 11.9 Å². The highest BCUT2D eigenvalue weighted by Crippen LogP contribution is 2.09. The number of hydrogen-bond acceptors (Lipinski definition) is 4. The zero-order chi connectivity index (χ0) is 11.3. The SMILES string of the molecule is CC(C)C(CCCl)NC(=O)c1cnns1. The van der Waals surface area contributed by atoms with Gasteiger partial charge in [0.1, 0.15) is 4.88 Å². The number of alkyl halides is 1. The molecule has 0 aliphatic carbocycles. The van der Waals surface area contributed by atoms with E-state index < -0.39 is 0 Å². The summed E-state index contributed by atoms with van der Waals surface area (Å²) in [6.45, 7) is 4.12. The number of amides is 1. The Morgan fingerprint density at radius 3 is 2.87 bits per heavy atom. The second-order valence-corrected chi connectivity index (χ2v) is 4.75. The van der Waals surface area contributed by atoms with Crippen LogP contribution in [0.1, 0.15) is 29.9 Å². The summed E-state index contributed by atoms with van der Waals surface area (Å²) >= 11 is 6.77. The fraction of sp³-hybridized carbons (Fsp3) is 0.667. The van der Waals surface area contributed by atoms with Crippen LogP contribution in [-0.2, 0) is 0 Å². The van der Waals surface area contributed by atoms with Crippen LogP contribution in [0.4, 0.5) is 0 Å². The number of aromatic nitrogens is 2. The molecule has 0 radical (unpaired) electrons. The Morgan fingerprint density at radius 2 is 2.40 bits per heavy atom. The lowest BCUT2D eigenvalue weighted by Gasteiger charge is -2.20. The van der Waals surface area contributed by atoms with Crippen molar-refractivity contribution in [2.24, 2.45) is 5.92 Å². The molecule has 0 saturated heterocycles. The molecule has 6 heteroatoms. The Kier molecular flexibility index (Phi) is 4.98. The molecule has 1 rings (SSSR count). The van der Waals surface area contributed by atoms with Crippen LogP contribution < -0.4 is 5.32 Å². The van der Waals surface area contributed by atoms with Crippen LogP contribution in [0.5, 0.6) is 0 Å². The van der Waals surface area contributed by atoms with Crippen LogP contribution in [0.15, 0.2) is 6.20 Å². The lowest BCUT2D eigenvalue weighted by atomic mass is 10.0. The maximum atomic E-state index is 11.7. The van der Waals surface area contributed by atoms with Crippen molar-refractivity contribution in [1.29, 1.82) is 0 Å². The minimum Gasteiger partial charge on any atom is -0.348 e. The summed E-state index contributed by atoms with van der Waals surface area (Å²) in [7, 11) is 0. The number of nitrogens with zero attached hydrogens (tertiary/aromatic N) is 2. The summed E-state index contributed by atoms with van der Waals surface area (Å²) in [5.74, 6) is 0.798. The summed E-state index contributed by atoms with van der Waals surface area (Å²) in [5, 5.41) is 6.55. The predicted octanol–water partition coefficient (Wildman–Crippen LogP) is 1.92. The van der Waals surface area contributed by atoms with E-state index >= 15 is 0 Å². The van der Waals surface area contributed by atoms with Crippen LogP contribution in [0.2, 0.25) is 0 Å². The van der Waals surface area contributed by atoms with E-state index in [4.69, 9.17) is 11.6 Å². The molecular weight excluding hydrogens is 234 g/mol. The van der Waals surface area contributed by atoms with Crippen molar-refractivity contribution in [2.45, 2.75) is 26.3 Å². The van der Waals surface area contributed by atoms with E-state index in [1.807, 2.05) is 0 Å². The fourth-order valence-corrected chi connectivity index (χ4v) is 1.85. The number of carbonyl (C=O) groups excluding carboxylic acids is 1. The Hall–Kier alpha value is -0.680. The molecule has 15 heavy (non-hydrogen) atoms. The van der Waals surface area contributed by atoms with E-state index in [0.717, 1.165) is 18.0 Å². The van der Waals surface area contributed by atoms with Crippen molar-refractivity contribution < 1.29 is 4.79 Å². The van der Waals surface area contributed by atoms with Crippen molar-refractivity contribution in [1.82, 2.24) is 14.9 Å². The van der Waals surface area contributed by atoms with Crippen LogP contribution in [0.25, 0.3) is 0 Å². The third-order valence-corrected chi connectivity index (χ3v) is 3.01. The summed E-state index contributed by atoms with van der Waals surface area (Å²) in [6.07, 6.45) is 2.25. The fourth-order valence-electron chi connectivity index (χ4n) is 1.20. The van der Waals surface area contributed by atoms with Gasteiger partial charge in [0.25, 0.3) is 5.91 Å². The molecule has 1 unspecified atom stereocenters. The van der Waals surface area contributed by atoms with Gasteiger partial charge in [0.2, 0.25) is 0 Å². The minimum absolute atomic E-state index is 0.108. The average Bonchev–Trinajstić information content (AvgIpc) is 2.69. The largest absolute Gasteiger partial charge is 0.348 e. The first kappa shape index (κ1) is 12.4. The molecule has 1 heterocycles. The first-order chi connectivity index (χ1) is 7.15. The maximum absolute atomic E-state index is 11.7. The van der Waals surface area contributed by atoms with Gasteiger partial charge in [-0.1, -0.05) is 18.3 Å². The van der Waals surface area contributed by atoms with Crippen molar-refractivity contribution in [3.63, 3.8) is 0 Å². The topological polar surface area (TPSA) is 54.9 Å². The molecule has 4 nitrogen and oxygen atoms in total. The highest BCUT2D eigenvalue weighted by atomic mass is 35.5. The molecule has 0 aromatic carbocycles. The Bertz CT molecular complexity index is 302. The molecule has 1 aromatic heterocycles. The average molecular weight is 248 g/mol. The van der Waals surface area contributed by atoms with Gasteiger partial charge in [-0.15, -0.1) is 16.7 Å². The van der Waals surface area contributed by atoms with Gasteiger partial charge in [-0.2, -0.15) is 0 Å². The second kappa shape index (κ2) is 6.02. The summed E-state index contributed by atoms with van der Waals surface area (Å²) in [5.41, 5.74) is 0. The van der Waals surface area contributed by atoms with Gasteiger partial charge in [0.15, 0.2) is 0 Å². The summed E-state index contributed by atoms with van der Waals surface area (Å²) in [4.78, 5) is 12.2. The van der Waals surface area contributed by atoms with E-state index in [2.05, 4.69) is 28.8 Å². The van der Waals surface area contributed by atoms with Crippen molar-refractivity contribution in [3.05, 3.63) is 11.1 Å². The zero-order valence-corrected chi connectivity index (χ0v) is 10.3. The third-order valence-electron chi connectivity index (χ3n) is 2.13. The molecule has 0 spiro atoms. The van der Waals surface area contributed by atoms with Crippen molar-refractivity contribution >= 4 is 29.0 Å². The molecule has 0 bridgehead atoms. The lowest BCUT2D eigenvalue weighted by Crippen LogP contribution is -2.38. The zero-order valence-electron chi connectivity index (χ0n) is 8.74. The van der Waals surface area contributed by atoms with E-state index in [1.54, 1.807) is 0 Å². The normalized spacial score (nSPS) is 12.8. The molecule has 1 N–H and O–H groups in total. The predicted molar refractivity (Wildman–Crippen MR) is 61.3 cm³/mol. The highest BCUT2D eigenvalue weighted by molar-refractivity contribution is 7.07. The third kappa shape index (κ3) is 3.76. The quantitative estimate of drug-likeness (QED) is 0.809. The smallest absolute Gasteiger partial charge is 0.264 e. The van der Waals surface area contributed by atoms with Gasteiger partial charge < -0.3 is 5.32 Å². The van der Waals surface area contributed by atoms with Gasteiger partial charge in [0, 0.05) is 11.9 Å². The molecule has 0 aliphatic rings.